The van der Waals surface area contributed by atoms with Gasteiger partial charge in [-0.05, 0) is 12.0 Å². The van der Waals surface area contributed by atoms with Crippen LogP contribution in [-0.2, 0) is 6.42 Å². The summed E-state index contributed by atoms with van der Waals surface area (Å²) >= 11 is 0. The lowest BCUT2D eigenvalue weighted by Crippen LogP contribution is -2.19. The van der Waals surface area contributed by atoms with Crippen LogP contribution in [0.3, 0.4) is 0 Å². The van der Waals surface area contributed by atoms with E-state index in [4.69, 9.17) is 4.52 Å². The average molecular weight is 317 g/mol. The van der Waals surface area contributed by atoms with Gasteiger partial charge in [-0.3, -0.25) is 4.99 Å². The fraction of sp³-hybridized carbons (Fsp3) is 0.200. The highest BCUT2D eigenvalue weighted by molar-refractivity contribution is 6.00. The van der Waals surface area contributed by atoms with Gasteiger partial charge in [0.25, 0.3) is 0 Å². The molecule has 2 aromatic carbocycles. The van der Waals surface area contributed by atoms with Crippen LogP contribution in [0.2, 0.25) is 0 Å². The molecule has 0 amide bonds. The molecule has 0 atom stereocenters. The minimum atomic E-state index is 0.813. The van der Waals surface area contributed by atoms with Gasteiger partial charge in [0.2, 0.25) is 0 Å². The third kappa shape index (κ3) is 2.71. The zero-order chi connectivity index (χ0) is 16.4. The number of aromatic nitrogens is 1. The van der Waals surface area contributed by atoms with Gasteiger partial charge in [-0.2, -0.15) is 0 Å². The molecular weight excluding hydrogens is 298 g/mol. The van der Waals surface area contributed by atoms with Crippen molar-refractivity contribution in [1.82, 2.24) is 10.5 Å². The summed E-state index contributed by atoms with van der Waals surface area (Å²) in [5.74, 6) is 1.78. The quantitative estimate of drug-likeness (QED) is 0.793. The van der Waals surface area contributed by atoms with Crippen molar-refractivity contribution in [1.29, 1.82) is 0 Å². The number of aryl methyl sites for hydroxylation is 1. The topological polar surface area (TPSA) is 50.4 Å². The van der Waals surface area contributed by atoms with Crippen LogP contribution in [0.25, 0.3) is 22.6 Å². The second-order valence-electron chi connectivity index (χ2n) is 5.82. The van der Waals surface area contributed by atoms with Gasteiger partial charge in [0.1, 0.15) is 11.5 Å². The fourth-order valence-electron chi connectivity index (χ4n) is 3.00. The summed E-state index contributed by atoms with van der Waals surface area (Å²) in [6.45, 7) is 3.91. The molecule has 120 valence electrons. The van der Waals surface area contributed by atoms with Crippen LogP contribution < -0.4 is 5.32 Å². The standard InChI is InChI=1S/C20H19N3O/c1-2-14-5-3-4-6-17(14)19-13-18(23-24-19)15-7-9-16(10-8-15)20-21-11-12-22-20/h3-10,13H,2,11-12H2,1H3,(H,21,22). The van der Waals surface area contributed by atoms with E-state index < -0.39 is 0 Å². The van der Waals surface area contributed by atoms with E-state index in [0.717, 1.165) is 53.5 Å². The van der Waals surface area contributed by atoms with Crippen molar-refractivity contribution in [3.63, 3.8) is 0 Å². The van der Waals surface area contributed by atoms with Crippen molar-refractivity contribution >= 4 is 5.84 Å². The molecular formula is C20H19N3O. The molecule has 0 bridgehead atoms. The smallest absolute Gasteiger partial charge is 0.167 e. The third-order valence-electron chi connectivity index (χ3n) is 4.30. The van der Waals surface area contributed by atoms with Crippen LogP contribution in [-0.4, -0.2) is 24.1 Å². The first kappa shape index (κ1) is 14.7. The Morgan fingerprint density at radius 3 is 2.58 bits per heavy atom. The largest absolute Gasteiger partial charge is 0.368 e. The van der Waals surface area contributed by atoms with E-state index in [2.05, 4.69) is 64.9 Å². The van der Waals surface area contributed by atoms with Gasteiger partial charge in [0, 0.05) is 29.3 Å². The number of rotatable bonds is 4. The number of benzene rings is 2. The third-order valence-corrected chi connectivity index (χ3v) is 4.30. The summed E-state index contributed by atoms with van der Waals surface area (Å²) in [4.78, 5) is 4.44. The monoisotopic (exact) mass is 317 g/mol. The minimum Gasteiger partial charge on any atom is -0.368 e. The van der Waals surface area contributed by atoms with Crippen molar-refractivity contribution in [2.24, 2.45) is 4.99 Å². The zero-order valence-corrected chi connectivity index (χ0v) is 13.6. The Labute approximate surface area is 141 Å². The van der Waals surface area contributed by atoms with Crippen molar-refractivity contribution in [3.8, 4) is 22.6 Å². The molecule has 1 N–H and O–H groups in total. The van der Waals surface area contributed by atoms with Crippen LogP contribution in [0.15, 0.2) is 64.1 Å². The normalized spacial score (nSPS) is 13.6. The maximum Gasteiger partial charge on any atom is 0.167 e. The van der Waals surface area contributed by atoms with E-state index in [1.54, 1.807) is 0 Å². The van der Waals surface area contributed by atoms with E-state index in [1.807, 2.05) is 12.1 Å². The predicted molar refractivity (Wildman–Crippen MR) is 96.2 cm³/mol. The van der Waals surface area contributed by atoms with Gasteiger partial charge in [0.15, 0.2) is 5.76 Å². The van der Waals surface area contributed by atoms with Gasteiger partial charge >= 0.3 is 0 Å². The fourth-order valence-corrected chi connectivity index (χ4v) is 3.00. The summed E-state index contributed by atoms with van der Waals surface area (Å²) in [5, 5.41) is 7.53. The van der Waals surface area contributed by atoms with Crippen LogP contribution in [0.1, 0.15) is 18.1 Å². The Kier molecular flexibility index (Phi) is 3.87. The highest BCUT2D eigenvalue weighted by atomic mass is 16.5. The first-order chi connectivity index (χ1) is 11.8. The summed E-state index contributed by atoms with van der Waals surface area (Å²) in [7, 11) is 0. The second kappa shape index (κ2) is 6.32. The molecule has 24 heavy (non-hydrogen) atoms. The molecule has 4 rings (SSSR count). The molecule has 0 saturated carbocycles. The van der Waals surface area contributed by atoms with E-state index in [-0.39, 0.29) is 0 Å². The molecule has 3 aromatic rings. The molecule has 0 radical (unpaired) electrons. The maximum atomic E-state index is 5.59. The number of aliphatic imine (C=N–C) groups is 1. The highest BCUT2D eigenvalue weighted by Gasteiger charge is 2.12. The number of amidine groups is 1. The van der Waals surface area contributed by atoms with E-state index >= 15 is 0 Å². The Morgan fingerprint density at radius 2 is 1.83 bits per heavy atom. The number of hydrogen-bond acceptors (Lipinski definition) is 4. The first-order valence-corrected chi connectivity index (χ1v) is 8.29. The molecule has 2 heterocycles. The molecule has 4 heteroatoms. The Hall–Kier alpha value is -2.88. The molecule has 0 fully saturated rings. The van der Waals surface area contributed by atoms with E-state index in [0.29, 0.717) is 0 Å². The Bertz CT molecular complexity index is 878. The molecule has 0 spiro atoms. The number of nitrogens with one attached hydrogen (secondary N) is 1. The van der Waals surface area contributed by atoms with E-state index in [1.165, 1.54) is 5.56 Å². The Morgan fingerprint density at radius 1 is 1.04 bits per heavy atom. The molecule has 1 aliphatic rings. The van der Waals surface area contributed by atoms with Gasteiger partial charge in [-0.25, -0.2) is 0 Å². The summed E-state index contributed by atoms with van der Waals surface area (Å²) in [5.41, 5.74) is 5.38. The molecule has 1 aliphatic heterocycles. The van der Waals surface area contributed by atoms with Crippen molar-refractivity contribution < 1.29 is 4.52 Å². The maximum absolute atomic E-state index is 5.59. The molecule has 4 nitrogen and oxygen atoms in total. The van der Waals surface area contributed by atoms with Gasteiger partial charge in [-0.1, -0.05) is 60.6 Å². The Balaban J connectivity index is 1.63. The van der Waals surface area contributed by atoms with Crippen LogP contribution in [0.5, 0.6) is 0 Å². The number of nitrogens with zero attached hydrogens (tertiary/aromatic N) is 2. The molecule has 0 saturated heterocycles. The van der Waals surface area contributed by atoms with Gasteiger partial charge in [-0.15, -0.1) is 0 Å². The highest BCUT2D eigenvalue weighted by Crippen LogP contribution is 2.28. The van der Waals surface area contributed by atoms with Crippen molar-refractivity contribution in [3.05, 3.63) is 65.7 Å². The zero-order valence-electron chi connectivity index (χ0n) is 13.6. The summed E-state index contributed by atoms with van der Waals surface area (Å²) in [6.07, 6.45) is 0.968. The van der Waals surface area contributed by atoms with E-state index in [9.17, 15) is 0 Å². The van der Waals surface area contributed by atoms with Gasteiger partial charge < -0.3 is 9.84 Å². The second-order valence-corrected chi connectivity index (χ2v) is 5.82. The minimum absolute atomic E-state index is 0.813. The lowest BCUT2D eigenvalue weighted by molar-refractivity contribution is 0.434. The van der Waals surface area contributed by atoms with Gasteiger partial charge in [0.05, 0.1) is 6.54 Å². The first-order valence-electron chi connectivity index (χ1n) is 8.29. The predicted octanol–water partition coefficient (Wildman–Crippen LogP) is 3.92. The van der Waals surface area contributed by atoms with Crippen molar-refractivity contribution in [2.75, 3.05) is 13.1 Å². The lowest BCUT2D eigenvalue weighted by atomic mass is 10.0. The molecule has 0 aliphatic carbocycles. The summed E-state index contributed by atoms with van der Waals surface area (Å²) in [6, 6.07) is 18.6. The SMILES string of the molecule is CCc1ccccc1-c1cc(-c2ccc(C3=NCCN3)cc2)no1. The molecule has 1 aromatic heterocycles. The average Bonchev–Trinajstić information content (AvgIpc) is 3.34. The van der Waals surface area contributed by atoms with Crippen LogP contribution >= 0.6 is 0 Å². The van der Waals surface area contributed by atoms with Crippen LogP contribution in [0.4, 0.5) is 0 Å². The molecule has 0 unspecified atom stereocenters. The number of hydrogen-bond donors (Lipinski definition) is 1. The van der Waals surface area contributed by atoms with Crippen LogP contribution in [0, 0.1) is 0 Å². The summed E-state index contributed by atoms with van der Waals surface area (Å²) < 4.78 is 5.59. The van der Waals surface area contributed by atoms with Crippen molar-refractivity contribution in [2.45, 2.75) is 13.3 Å². The lowest BCUT2D eigenvalue weighted by Gasteiger charge is -2.03.